The third-order valence-electron chi connectivity index (χ3n) is 4.66. The maximum atomic E-state index is 6.17. The third-order valence-corrected chi connectivity index (χ3v) is 4.66. The lowest BCUT2D eigenvalue weighted by Crippen LogP contribution is -2.34. The van der Waals surface area contributed by atoms with Gasteiger partial charge in [-0.3, -0.25) is 0 Å². The smallest absolute Gasteiger partial charge is 0.0707 e. The number of nitrogens with one attached hydrogen (secondary N) is 1. The van der Waals surface area contributed by atoms with Gasteiger partial charge < -0.3 is 15.0 Å². The van der Waals surface area contributed by atoms with Gasteiger partial charge in [0.2, 0.25) is 0 Å². The van der Waals surface area contributed by atoms with Crippen molar-refractivity contribution in [2.75, 3.05) is 26.2 Å². The molecule has 0 aromatic carbocycles. The summed E-state index contributed by atoms with van der Waals surface area (Å²) in [7, 11) is 0. The second kappa shape index (κ2) is 7.05. The third kappa shape index (κ3) is 4.73. The SMILES string of the molecule is CC(C)NCC1CCC(CN2CCC(C(C)C)C2)O1. The van der Waals surface area contributed by atoms with Crippen molar-refractivity contribution in [3.63, 3.8) is 0 Å². The predicted octanol–water partition coefficient (Wildman–Crippen LogP) is 2.51. The van der Waals surface area contributed by atoms with E-state index in [2.05, 4.69) is 37.9 Å². The van der Waals surface area contributed by atoms with Gasteiger partial charge in [-0.05, 0) is 37.6 Å². The normalized spacial score (nSPS) is 32.8. The molecule has 0 aromatic heterocycles. The molecule has 0 radical (unpaired) electrons. The van der Waals surface area contributed by atoms with Gasteiger partial charge in [0.1, 0.15) is 0 Å². The summed E-state index contributed by atoms with van der Waals surface area (Å²) in [4.78, 5) is 2.62. The maximum absolute atomic E-state index is 6.17. The first-order chi connectivity index (χ1) is 9.04. The first-order valence-corrected chi connectivity index (χ1v) is 8.15. The van der Waals surface area contributed by atoms with E-state index >= 15 is 0 Å². The number of ether oxygens (including phenoxy) is 1. The minimum Gasteiger partial charge on any atom is -0.372 e. The van der Waals surface area contributed by atoms with E-state index in [1.54, 1.807) is 0 Å². The molecule has 3 heteroatoms. The van der Waals surface area contributed by atoms with Crippen molar-refractivity contribution >= 4 is 0 Å². The van der Waals surface area contributed by atoms with Crippen LogP contribution in [0.1, 0.15) is 47.0 Å². The monoisotopic (exact) mass is 268 g/mol. The molecule has 2 heterocycles. The fraction of sp³-hybridized carbons (Fsp3) is 1.00. The van der Waals surface area contributed by atoms with Crippen LogP contribution in [0.3, 0.4) is 0 Å². The molecule has 2 aliphatic heterocycles. The minimum absolute atomic E-state index is 0.441. The number of rotatable bonds is 6. The second-order valence-corrected chi connectivity index (χ2v) is 7.07. The Kier molecular flexibility index (Phi) is 5.67. The lowest BCUT2D eigenvalue weighted by Gasteiger charge is -2.22. The fourth-order valence-electron chi connectivity index (χ4n) is 3.29. The van der Waals surface area contributed by atoms with Crippen molar-refractivity contribution in [3.05, 3.63) is 0 Å². The van der Waals surface area contributed by atoms with Gasteiger partial charge in [0.15, 0.2) is 0 Å². The summed E-state index contributed by atoms with van der Waals surface area (Å²) in [6, 6.07) is 0.563. The van der Waals surface area contributed by atoms with Crippen LogP contribution < -0.4 is 5.32 Å². The van der Waals surface area contributed by atoms with E-state index in [1.165, 1.54) is 32.4 Å². The molecule has 2 fully saturated rings. The molecule has 0 aliphatic carbocycles. The van der Waals surface area contributed by atoms with E-state index in [0.717, 1.165) is 24.9 Å². The molecule has 2 saturated heterocycles. The second-order valence-electron chi connectivity index (χ2n) is 7.07. The Morgan fingerprint density at radius 3 is 2.47 bits per heavy atom. The molecule has 3 atom stereocenters. The zero-order chi connectivity index (χ0) is 13.8. The van der Waals surface area contributed by atoms with E-state index in [4.69, 9.17) is 4.74 Å². The van der Waals surface area contributed by atoms with Gasteiger partial charge in [-0.25, -0.2) is 0 Å². The molecule has 0 saturated carbocycles. The Balaban J connectivity index is 1.65. The Labute approximate surface area is 119 Å². The predicted molar refractivity (Wildman–Crippen MR) is 80.4 cm³/mol. The average molecular weight is 268 g/mol. The number of nitrogens with zero attached hydrogens (tertiary/aromatic N) is 1. The van der Waals surface area contributed by atoms with Gasteiger partial charge in [-0.15, -0.1) is 0 Å². The van der Waals surface area contributed by atoms with Crippen molar-refractivity contribution in [2.45, 2.75) is 65.2 Å². The van der Waals surface area contributed by atoms with Gasteiger partial charge in [-0.2, -0.15) is 0 Å². The van der Waals surface area contributed by atoms with Gasteiger partial charge >= 0.3 is 0 Å². The van der Waals surface area contributed by atoms with E-state index in [0.29, 0.717) is 18.2 Å². The molecular weight excluding hydrogens is 236 g/mol. The maximum Gasteiger partial charge on any atom is 0.0707 e. The largest absolute Gasteiger partial charge is 0.372 e. The molecule has 3 nitrogen and oxygen atoms in total. The van der Waals surface area contributed by atoms with Crippen molar-refractivity contribution < 1.29 is 4.74 Å². The summed E-state index contributed by atoms with van der Waals surface area (Å²) in [6.07, 6.45) is 4.77. The molecule has 19 heavy (non-hydrogen) atoms. The van der Waals surface area contributed by atoms with Crippen LogP contribution in [-0.4, -0.2) is 49.3 Å². The van der Waals surface area contributed by atoms with Crippen LogP contribution in [0.4, 0.5) is 0 Å². The number of likely N-dealkylation sites (tertiary alicyclic amines) is 1. The summed E-state index contributed by atoms with van der Waals surface area (Å²) in [5.74, 6) is 1.73. The van der Waals surface area contributed by atoms with E-state index in [9.17, 15) is 0 Å². The molecule has 112 valence electrons. The standard InChI is InChI=1S/C16H32N2O/c1-12(2)14-7-8-18(10-14)11-16-6-5-15(19-16)9-17-13(3)4/h12-17H,5-11H2,1-4H3. The van der Waals surface area contributed by atoms with Crippen molar-refractivity contribution in [1.29, 1.82) is 0 Å². The molecule has 1 N–H and O–H groups in total. The highest BCUT2D eigenvalue weighted by Gasteiger charge is 2.30. The molecular formula is C16H32N2O. The Hall–Kier alpha value is -0.120. The highest BCUT2D eigenvalue weighted by molar-refractivity contribution is 4.83. The number of hydrogen-bond acceptors (Lipinski definition) is 3. The highest BCUT2D eigenvalue weighted by Crippen LogP contribution is 2.26. The fourth-order valence-corrected chi connectivity index (χ4v) is 3.29. The average Bonchev–Trinajstić information content (AvgIpc) is 2.96. The van der Waals surface area contributed by atoms with E-state index < -0.39 is 0 Å². The molecule has 0 spiro atoms. The summed E-state index contributed by atoms with van der Waals surface area (Å²) in [5, 5.41) is 3.48. The van der Waals surface area contributed by atoms with Crippen LogP contribution in [0.25, 0.3) is 0 Å². The molecule has 3 unspecified atom stereocenters. The molecule has 2 rings (SSSR count). The first-order valence-electron chi connectivity index (χ1n) is 8.15. The Bertz CT molecular complexity index is 267. The van der Waals surface area contributed by atoms with Crippen LogP contribution in [0.15, 0.2) is 0 Å². The van der Waals surface area contributed by atoms with Gasteiger partial charge in [0.25, 0.3) is 0 Å². The van der Waals surface area contributed by atoms with Crippen LogP contribution in [0, 0.1) is 11.8 Å². The van der Waals surface area contributed by atoms with Crippen molar-refractivity contribution in [3.8, 4) is 0 Å². The lowest BCUT2D eigenvalue weighted by molar-refractivity contribution is 0.0258. The Morgan fingerprint density at radius 1 is 1.11 bits per heavy atom. The topological polar surface area (TPSA) is 24.5 Å². The van der Waals surface area contributed by atoms with Crippen LogP contribution in [0.5, 0.6) is 0 Å². The van der Waals surface area contributed by atoms with Crippen LogP contribution in [-0.2, 0) is 4.74 Å². The summed E-state index contributed by atoms with van der Waals surface area (Å²) >= 11 is 0. The van der Waals surface area contributed by atoms with Crippen molar-refractivity contribution in [2.24, 2.45) is 11.8 Å². The molecule has 0 aromatic rings. The lowest BCUT2D eigenvalue weighted by atomic mass is 9.95. The van der Waals surface area contributed by atoms with Gasteiger partial charge in [-0.1, -0.05) is 27.7 Å². The summed E-state index contributed by atoms with van der Waals surface area (Å²) in [6.45, 7) is 13.8. The van der Waals surface area contributed by atoms with Gasteiger partial charge in [0, 0.05) is 25.7 Å². The Morgan fingerprint density at radius 2 is 1.84 bits per heavy atom. The zero-order valence-corrected chi connectivity index (χ0v) is 13.2. The van der Waals surface area contributed by atoms with E-state index in [-0.39, 0.29) is 0 Å². The zero-order valence-electron chi connectivity index (χ0n) is 13.2. The quantitative estimate of drug-likeness (QED) is 0.801. The summed E-state index contributed by atoms with van der Waals surface area (Å²) in [5.41, 5.74) is 0. The van der Waals surface area contributed by atoms with Crippen LogP contribution in [0.2, 0.25) is 0 Å². The van der Waals surface area contributed by atoms with E-state index in [1.807, 2.05) is 0 Å². The van der Waals surface area contributed by atoms with Crippen LogP contribution >= 0.6 is 0 Å². The molecule has 0 amide bonds. The minimum atomic E-state index is 0.441. The van der Waals surface area contributed by atoms with Crippen molar-refractivity contribution in [1.82, 2.24) is 10.2 Å². The van der Waals surface area contributed by atoms with Gasteiger partial charge in [0.05, 0.1) is 12.2 Å². The molecule has 0 bridgehead atoms. The first kappa shape index (κ1) is 15.3. The molecule has 2 aliphatic rings. The summed E-state index contributed by atoms with van der Waals surface area (Å²) < 4.78 is 6.17. The number of hydrogen-bond donors (Lipinski definition) is 1. The highest BCUT2D eigenvalue weighted by atomic mass is 16.5.